The Morgan fingerprint density at radius 3 is 2.62 bits per heavy atom. The number of β-amino-alcohol motifs (C(OH)–C–C–N with tert-alkyl or cyclic N) is 1. The molecule has 0 bridgehead atoms. The summed E-state index contributed by atoms with van der Waals surface area (Å²) in [6, 6.07) is 16.9. The molecule has 0 spiro atoms. The van der Waals surface area contributed by atoms with Crippen LogP contribution in [-0.4, -0.2) is 66.9 Å². The minimum atomic E-state index is -0.563. The smallest absolute Gasteiger partial charge is 0.308 e. The van der Waals surface area contributed by atoms with Crippen molar-refractivity contribution in [1.29, 1.82) is 0 Å². The first-order chi connectivity index (χ1) is 15.6. The summed E-state index contributed by atoms with van der Waals surface area (Å²) in [7, 11) is 1.44. The van der Waals surface area contributed by atoms with Crippen molar-refractivity contribution in [3.05, 3.63) is 65.2 Å². The third-order valence-corrected chi connectivity index (χ3v) is 6.55. The average molecular weight is 439 g/mol. The molecule has 2 aromatic rings. The van der Waals surface area contributed by atoms with Crippen LogP contribution in [0.4, 0.5) is 0 Å². The van der Waals surface area contributed by atoms with E-state index in [0.29, 0.717) is 6.54 Å². The highest BCUT2D eigenvalue weighted by Gasteiger charge is 2.26. The average Bonchev–Trinajstić information content (AvgIpc) is 2.83. The molecule has 0 radical (unpaired) electrons. The molecule has 0 aromatic heterocycles. The highest BCUT2D eigenvalue weighted by atomic mass is 16.5. The van der Waals surface area contributed by atoms with E-state index in [0.717, 1.165) is 57.7 Å². The molecule has 2 heterocycles. The third-order valence-electron chi connectivity index (χ3n) is 6.55. The van der Waals surface area contributed by atoms with Gasteiger partial charge in [0, 0.05) is 26.2 Å². The maximum absolute atomic E-state index is 11.6. The van der Waals surface area contributed by atoms with Gasteiger partial charge in [0.1, 0.15) is 18.5 Å². The van der Waals surface area contributed by atoms with Gasteiger partial charge in [-0.15, -0.1) is 0 Å². The number of likely N-dealkylation sites (tertiary alicyclic amines) is 1. The van der Waals surface area contributed by atoms with E-state index < -0.39 is 6.10 Å². The maximum atomic E-state index is 11.6. The number of aliphatic hydroxyl groups excluding tert-OH is 1. The minimum absolute atomic E-state index is 0.0132. The summed E-state index contributed by atoms with van der Waals surface area (Å²) in [5.74, 6) is 0.659. The van der Waals surface area contributed by atoms with Gasteiger partial charge in [-0.05, 0) is 61.2 Å². The Kier molecular flexibility index (Phi) is 7.79. The minimum Gasteiger partial charge on any atom is -0.491 e. The van der Waals surface area contributed by atoms with Gasteiger partial charge in [0.2, 0.25) is 0 Å². The molecule has 1 N–H and O–H groups in total. The van der Waals surface area contributed by atoms with E-state index in [1.54, 1.807) is 0 Å². The highest BCUT2D eigenvalue weighted by molar-refractivity contribution is 5.72. The van der Waals surface area contributed by atoms with E-state index in [1.165, 1.54) is 23.8 Å². The predicted octanol–water partition coefficient (Wildman–Crippen LogP) is 2.87. The molecule has 0 saturated carbocycles. The first kappa shape index (κ1) is 22.8. The quantitative estimate of drug-likeness (QED) is 0.640. The number of rotatable bonds is 8. The number of hydrogen-bond acceptors (Lipinski definition) is 6. The van der Waals surface area contributed by atoms with Gasteiger partial charge in [0.15, 0.2) is 0 Å². The Bertz CT molecular complexity index is 895. The number of benzene rings is 2. The number of aliphatic hydroxyl groups is 1. The third kappa shape index (κ3) is 6.09. The lowest BCUT2D eigenvalue weighted by atomic mass is 9.97. The van der Waals surface area contributed by atoms with Gasteiger partial charge in [-0.25, -0.2) is 0 Å². The molecule has 6 heteroatoms. The molecular formula is C26H34N2O4. The molecule has 2 aliphatic heterocycles. The second-order valence-corrected chi connectivity index (χ2v) is 8.94. The molecule has 1 unspecified atom stereocenters. The van der Waals surface area contributed by atoms with E-state index in [-0.39, 0.29) is 18.5 Å². The molecule has 0 aliphatic carbocycles. The summed E-state index contributed by atoms with van der Waals surface area (Å²) in [5, 5.41) is 10.4. The highest BCUT2D eigenvalue weighted by Crippen LogP contribution is 2.22. The number of methoxy groups -OCH3 is 1. The van der Waals surface area contributed by atoms with Gasteiger partial charge in [-0.1, -0.05) is 36.4 Å². The molecule has 6 nitrogen and oxygen atoms in total. The molecule has 32 heavy (non-hydrogen) atoms. The summed E-state index contributed by atoms with van der Waals surface area (Å²) in [5.41, 5.74) is 4.11. The van der Waals surface area contributed by atoms with Crippen molar-refractivity contribution >= 4 is 5.97 Å². The standard InChI is InChI=1S/C26H34N2O4/c1-31-26(30)22-10-12-27(13-11-22)18-24(29)19-32-25-8-4-5-20(15-25)16-28-14-9-21-6-2-3-7-23(21)17-28/h2-8,15,22,24,29H,9-14,16-19H2,1H3. The summed E-state index contributed by atoms with van der Waals surface area (Å²) in [6.07, 6.45) is 2.09. The van der Waals surface area contributed by atoms with Crippen LogP contribution in [0.5, 0.6) is 5.75 Å². The van der Waals surface area contributed by atoms with Crippen LogP contribution in [0.2, 0.25) is 0 Å². The molecule has 1 fully saturated rings. The van der Waals surface area contributed by atoms with Crippen molar-refractivity contribution in [2.24, 2.45) is 5.92 Å². The fourth-order valence-electron chi connectivity index (χ4n) is 4.74. The molecule has 1 saturated heterocycles. The van der Waals surface area contributed by atoms with E-state index in [1.807, 2.05) is 12.1 Å². The van der Waals surface area contributed by atoms with Gasteiger partial charge in [0.05, 0.1) is 13.0 Å². The zero-order valence-electron chi connectivity index (χ0n) is 18.9. The summed E-state index contributed by atoms with van der Waals surface area (Å²) >= 11 is 0. The fraction of sp³-hybridized carbons (Fsp3) is 0.500. The van der Waals surface area contributed by atoms with E-state index in [2.05, 4.69) is 46.2 Å². The Hall–Kier alpha value is -2.41. The summed E-state index contributed by atoms with van der Waals surface area (Å²) in [4.78, 5) is 16.3. The zero-order valence-corrected chi connectivity index (χ0v) is 18.9. The number of esters is 1. The second-order valence-electron chi connectivity index (χ2n) is 8.94. The molecule has 2 aliphatic rings. The first-order valence-corrected chi connectivity index (χ1v) is 11.6. The van der Waals surface area contributed by atoms with Crippen LogP contribution in [0.3, 0.4) is 0 Å². The van der Waals surface area contributed by atoms with Crippen molar-refractivity contribution in [2.45, 2.75) is 38.5 Å². The molecule has 0 amide bonds. The number of piperidine rings is 1. The topological polar surface area (TPSA) is 62.2 Å². The molecule has 2 aromatic carbocycles. The van der Waals surface area contributed by atoms with Gasteiger partial charge < -0.3 is 19.5 Å². The number of nitrogens with zero attached hydrogens (tertiary/aromatic N) is 2. The lowest BCUT2D eigenvalue weighted by Crippen LogP contribution is -2.42. The monoisotopic (exact) mass is 438 g/mol. The Morgan fingerprint density at radius 2 is 1.84 bits per heavy atom. The van der Waals surface area contributed by atoms with Crippen LogP contribution < -0.4 is 4.74 Å². The molecular weight excluding hydrogens is 404 g/mol. The lowest BCUT2D eigenvalue weighted by molar-refractivity contribution is -0.147. The van der Waals surface area contributed by atoms with Crippen LogP contribution in [0.25, 0.3) is 0 Å². The van der Waals surface area contributed by atoms with Gasteiger partial charge in [-0.2, -0.15) is 0 Å². The molecule has 4 rings (SSSR count). The Labute approximate surface area is 190 Å². The summed E-state index contributed by atoms with van der Waals surface area (Å²) in [6.45, 7) is 5.35. The Morgan fingerprint density at radius 1 is 1.06 bits per heavy atom. The van der Waals surface area contributed by atoms with E-state index >= 15 is 0 Å². The van der Waals surface area contributed by atoms with Crippen molar-refractivity contribution < 1.29 is 19.4 Å². The largest absolute Gasteiger partial charge is 0.491 e. The normalized spacial score (nSPS) is 18.7. The fourth-order valence-corrected chi connectivity index (χ4v) is 4.74. The van der Waals surface area contributed by atoms with Gasteiger partial charge in [-0.3, -0.25) is 9.69 Å². The van der Waals surface area contributed by atoms with Crippen molar-refractivity contribution in [1.82, 2.24) is 9.80 Å². The van der Waals surface area contributed by atoms with Crippen LogP contribution in [-0.2, 0) is 29.0 Å². The van der Waals surface area contributed by atoms with E-state index in [4.69, 9.17) is 9.47 Å². The second kappa shape index (κ2) is 10.9. The van der Waals surface area contributed by atoms with Crippen LogP contribution in [0.1, 0.15) is 29.5 Å². The number of carbonyl (C=O) groups excluding carboxylic acids is 1. The summed E-state index contributed by atoms with van der Waals surface area (Å²) < 4.78 is 10.7. The van der Waals surface area contributed by atoms with Crippen LogP contribution in [0, 0.1) is 5.92 Å². The first-order valence-electron chi connectivity index (χ1n) is 11.6. The SMILES string of the molecule is COC(=O)C1CCN(CC(O)COc2cccc(CN3CCc4ccccc4C3)c2)CC1. The van der Waals surface area contributed by atoms with Crippen molar-refractivity contribution in [3.8, 4) is 5.75 Å². The molecule has 172 valence electrons. The van der Waals surface area contributed by atoms with Crippen molar-refractivity contribution in [3.63, 3.8) is 0 Å². The van der Waals surface area contributed by atoms with Gasteiger partial charge >= 0.3 is 5.97 Å². The van der Waals surface area contributed by atoms with E-state index in [9.17, 15) is 9.90 Å². The van der Waals surface area contributed by atoms with Gasteiger partial charge in [0.25, 0.3) is 0 Å². The zero-order chi connectivity index (χ0) is 22.3. The number of hydrogen-bond donors (Lipinski definition) is 1. The van der Waals surface area contributed by atoms with Crippen LogP contribution >= 0.6 is 0 Å². The Balaban J connectivity index is 1.22. The predicted molar refractivity (Wildman–Crippen MR) is 123 cm³/mol. The number of carbonyl (C=O) groups is 1. The number of fused-ring (bicyclic) bond motifs is 1. The maximum Gasteiger partial charge on any atom is 0.308 e. The molecule has 1 atom stereocenters. The number of ether oxygens (including phenoxy) is 2. The van der Waals surface area contributed by atoms with Crippen molar-refractivity contribution in [2.75, 3.05) is 39.9 Å². The van der Waals surface area contributed by atoms with Crippen LogP contribution in [0.15, 0.2) is 48.5 Å². The lowest BCUT2D eigenvalue weighted by Gasteiger charge is -2.31.